The number of anilines is 2. The number of rotatable bonds is 9. The van der Waals surface area contributed by atoms with Crippen LogP contribution in [0.4, 0.5) is 10.8 Å². The lowest BCUT2D eigenvalue weighted by Gasteiger charge is -2.06. The fourth-order valence-electron chi connectivity index (χ4n) is 2.84. The van der Waals surface area contributed by atoms with Crippen LogP contribution in [0.3, 0.4) is 0 Å². The smallest absolute Gasteiger partial charge is 0.263 e. The van der Waals surface area contributed by atoms with Gasteiger partial charge in [-0.15, -0.1) is 11.3 Å². The van der Waals surface area contributed by atoms with E-state index in [4.69, 9.17) is 0 Å². The molecule has 156 valence electrons. The van der Waals surface area contributed by atoms with Crippen LogP contribution in [0.2, 0.25) is 0 Å². The largest absolute Gasteiger partial charge is 0.328 e. The summed E-state index contributed by atoms with van der Waals surface area (Å²) in [6.45, 7) is 2.16. The number of benzene rings is 1. The molecule has 0 fully saturated rings. The van der Waals surface area contributed by atoms with Crippen LogP contribution in [0.25, 0.3) is 0 Å². The molecule has 0 unspecified atom stereocenters. The number of nitrogens with zero attached hydrogens (tertiary/aromatic N) is 1. The van der Waals surface area contributed by atoms with Crippen LogP contribution in [-0.4, -0.2) is 21.8 Å². The number of aryl methyl sites for hydroxylation is 2. The Labute approximate surface area is 178 Å². The quantitative estimate of drug-likeness (QED) is 0.483. The fraction of sp³-hybridized carbons (Fsp3) is 0.273. The number of aromatic amines is 1. The van der Waals surface area contributed by atoms with E-state index in [9.17, 15) is 14.4 Å². The van der Waals surface area contributed by atoms with E-state index >= 15 is 0 Å². The van der Waals surface area contributed by atoms with Crippen LogP contribution in [-0.2, 0) is 17.6 Å². The van der Waals surface area contributed by atoms with Crippen molar-refractivity contribution >= 4 is 34.0 Å². The van der Waals surface area contributed by atoms with E-state index in [0.29, 0.717) is 17.2 Å². The van der Waals surface area contributed by atoms with Crippen molar-refractivity contribution in [2.45, 2.75) is 39.0 Å². The number of carbonyl (C=O) groups excluding carboxylic acids is 2. The first-order valence-corrected chi connectivity index (χ1v) is 10.8. The number of hydrogen-bond donors (Lipinski definition) is 3. The Morgan fingerprint density at radius 3 is 2.63 bits per heavy atom. The highest BCUT2D eigenvalue weighted by Gasteiger charge is 2.13. The summed E-state index contributed by atoms with van der Waals surface area (Å²) in [5, 5.41) is 7.69. The third-order valence-electron chi connectivity index (χ3n) is 4.50. The van der Waals surface area contributed by atoms with Gasteiger partial charge < -0.3 is 10.3 Å². The van der Waals surface area contributed by atoms with Gasteiger partial charge in [-0.1, -0.05) is 25.5 Å². The lowest BCUT2D eigenvalue weighted by Crippen LogP contribution is -2.22. The van der Waals surface area contributed by atoms with Crippen LogP contribution < -0.4 is 16.2 Å². The van der Waals surface area contributed by atoms with Gasteiger partial charge in [0.2, 0.25) is 5.91 Å². The normalized spacial score (nSPS) is 10.6. The zero-order valence-corrected chi connectivity index (χ0v) is 17.6. The number of carbonyl (C=O) groups is 2. The maximum absolute atomic E-state index is 12.2. The molecule has 0 saturated heterocycles. The van der Waals surface area contributed by atoms with Gasteiger partial charge >= 0.3 is 0 Å². The minimum absolute atomic E-state index is 0.0225. The number of nitrogens with one attached hydrogen (secondary N) is 3. The van der Waals surface area contributed by atoms with Crippen LogP contribution in [0.15, 0.2) is 52.8 Å². The first kappa shape index (κ1) is 21.4. The Balaban J connectivity index is 1.48. The third kappa shape index (κ3) is 6.12. The SMILES string of the molecule is CCCCc1ccc(NC(=O)CCc2csc(NC(=O)c3ccc[nH]c3=O)n2)cc1. The van der Waals surface area contributed by atoms with Gasteiger partial charge in [0.15, 0.2) is 5.13 Å². The maximum atomic E-state index is 12.2. The molecular formula is C22H24N4O3S. The number of H-pyrrole nitrogens is 1. The van der Waals surface area contributed by atoms with Gasteiger partial charge in [0.25, 0.3) is 11.5 Å². The molecule has 2 heterocycles. The van der Waals surface area contributed by atoms with E-state index in [2.05, 4.69) is 27.5 Å². The van der Waals surface area contributed by atoms with Gasteiger partial charge in [0.1, 0.15) is 5.56 Å². The molecular weight excluding hydrogens is 400 g/mol. The minimum atomic E-state index is -0.516. The van der Waals surface area contributed by atoms with Crippen molar-refractivity contribution in [2.75, 3.05) is 10.6 Å². The molecule has 0 saturated carbocycles. The predicted octanol–water partition coefficient (Wildman–Crippen LogP) is 4.00. The molecule has 7 nitrogen and oxygen atoms in total. The Kier molecular flexibility index (Phi) is 7.51. The average Bonchev–Trinajstić information content (AvgIpc) is 3.19. The second-order valence-corrected chi connectivity index (χ2v) is 7.72. The van der Waals surface area contributed by atoms with E-state index in [-0.39, 0.29) is 17.9 Å². The van der Waals surface area contributed by atoms with Crippen molar-refractivity contribution in [2.24, 2.45) is 0 Å². The first-order chi connectivity index (χ1) is 14.5. The summed E-state index contributed by atoms with van der Waals surface area (Å²) in [6.07, 6.45) is 5.57. The van der Waals surface area contributed by atoms with Crippen molar-refractivity contribution in [3.8, 4) is 0 Å². The van der Waals surface area contributed by atoms with E-state index in [1.54, 1.807) is 11.4 Å². The standard InChI is InChI=1S/C22H24N4O3S/c1-2-3-5-15-7-9-16(10-8-15)24-19(27)12-11-17-14-30-22(25-17)26-21(29)18-6-4-13-23-20(18)28/h4,6-10,13-14H,2-3,5,11-12H2,1H3,(H,23,28)(H,24,27)(H,25,26,29). The van der Waals surface area contributed by atoms with Crippen molar-refractivity contribution < 1.29 is 9.59 Å². The number of aromatic nitrogens is 2. The second-order valence-electron chi connectivity index (χ2n) is 6.86. The summed E-state index contributed by atoms with van der Waals surface area (Å²) >= 11 is 1.26. The third-order valence-corrected chi connectivity index (χ3v) is 5.31. The Morgan fingerprint density at radius 2 is 1.90 bits per heavy atom. The summed E-state index contributed by atoms with van der Waals surface area (Å²) in [7, 11) is 0. The average molecular weight is 425 g/mol. The van der Waals surface area contributed by atoms with Gasteiger partial charge in [-0.25, -0.2) is 4.98 Å². The fourth-order valence-corrected chi connectivity index (χ4v) is 3.58. The molecule has 0 aliphatic rings. The molecule has 0 bridgehead atoms. The lowest BCUT2D eigenvalue weighted by molar-refractivity contribution is -0.116. The minimum Gasteiger partial charge on any atom is -0.328 e. The van der Waals surface area contributed by atoms with Gasteiger partial charge in [-0.2, -0.15) is 0 Å². The Morgan fingerprint density at radius 1 is 1.10 bits per heavy atom. The molecule has 1 aromatic carbocycles. The molecule has 2 aromatic heterocycles. The molecule has 2 amide bonds. The van der Waals surface area contributed by atoms with Gasteiger partial charge in [0.05, 0.1) is 5.69 Å². The molecule has 3 aromatic rings. The van der Waals surface area contributed by atoms with E-state index in [1.807, 2.05) is 24.3 Å². The van der Waals surface area contributed by atoms with Crippen LogP contribution in [0.1, 0.15) is 47.8 Å². The van der Waals surface area contributed by atoms with Crippen LogP contribution >= 0.6 is 11.3 Å². The molecule has 0 aliphatic carbocycles. The van der Waals surface area contributed by atoms with Crippen molar-refractivity contribution in [3.05, 3.63) is 75.1 Å². The summed E-state index contributed by atoms with van der Waals surface area (Å²) in [5.41, 5.74) is 2.32. The summed E-state index contributed by atoms with van der Waals surface area (Å²) in [5.74, 6) is -0.608. The van der Waals surface area contributed by atoms with Crippen molar-refractivity contribution in [1.82, 2.24) is 9.97 Å². The van der Waals surface area contributed by atoms with Gasteiger partial charge in [-0.05, 0) is 49.1 Å². The number of hydrogen-bond acceptors (Lipinski definition) is 5. The molecule has 0 radical (unpaired) electrons. The Bertz CT molecular complexity index is 1060. The van der Waals surface area contributed by atoms with Gasteiger partial charge in [0, 0.05) is 23.7 Å². The molecule has 0 aliphatic heterocycles. The predicted molar refractivity (Wildman–Crippen MR) is 119 cm³/mol. The van der Waals surface area contributed by atoms with E-state index in [0.717, 1.165) is 24.9 Å². The zero-order chi connectivity index (χ0) is 21.3. The summed E-state index contributed by atoms with van der Waals surface area (Å²) in [4.78, 5) is 42.8. The molecule has 8 heteroatoms. The highest BCUT2D eigenvalue weighted by atomic mass is 32.1. The molecule has 0 atom stereocenters. The number of thiazole rings is 1. The van der Waals surface area contributed by atoms with Crippen LogP contribution in [0.5, 0.6) is 0 Å². The van der Waals surface area contributed by atoms with Crippen LogP contribution in [0, 0.1) is 0 Å². The number of amides is 2. The van der Waals surface area contributed by atoms with Crippen molar-refractivity contribution in [3.63, 3.8) is 0 Å². The van der Waals surface area contributed by atoms with Crippen molar-refractivity contribution in [1.29, 1.82) is 0 Å². The first-order valence-electron chi connectivity index (χ1n) is 9.87. The highest BCUT2D eigenvalue weighted by molar-refractivity contribution is 7.14. The molecule has 0 spiro atoms. The highest BCUT2D eigenvalue weighted by Crippen LogP contribution is 2.18. The topological polar surface area (TPSA) is 104 Å². The summed E-state index contributed by atoms with van der Waals surface area (Å²) < 4.78 is 0. The maximum Gasteiger partial charge on any atom is 0.263 e. The number of pyridine rings is 1. The zero-order valence-electron chi connectivity index (χ0n) is 16.7. The monoisotopic (exact) mass is 424 g/mol. The molecule has 3 rings (SSSR count). The molecule has 30 heavy (non-hydrogen) atoms. The van der Waals surface area contributed by atoms with E-state index < -0.39 is 11.5 Å². The van der Waals surface area contributed by atoms with Gasteiger partial charge in [-0.3, -0.25) is 19.7 Å². The second kappa shape index (κ2) is 10.5. The summed E-state index contributed by atoms with van der Waals surface area (Å²) in [6, 6.07) is 11.0. The lowest BCUT2D eigenvalue weighted by atomic mass is 10.1. The Hall–Kier alpha value is -3.26. The van der Waals surface area contributed by atoms with E-state index in [1.165, 1.54) is 29.2 Å². The molecule has 3 N–H and O–H groups in total. The number of unbranched alkanes of at least 4 members (excludes halogenated alkanes) is 1.